The van der Waals surface area contributed by atoms with Gasteiger partial charge in [-0.15, -0.1) is 0 Å². The third kappa shape index (κ3) is 7.37. The average molecular weight is 516 g/mol. The maximum absolute atomic E-state index is 14.0. The SMILES string of the molecule is CS(=O)(=O)NC(=O)C1=CCC(c2ccc(OCCCCCC(F)(F)F)cc2)(C(F)(F)F)NC1=O. The molecule has 2 N–H and O–H groups in total. The maximum Gasteiger partial charge on any atom is 0.416 e. The largest absolute Gasteiger partial charge is 0.494 e. The second kappa shape index (κ2) is 10.2. The van der Waals surface area contributed by atoms with Crippen molar-refractivity contribution in [1.29, 1.82) is 0 Å². The lowest BCUT2D eigenvalue weighted by Gasteiger charge is -2.39. The van der Waals surface area contributed by atoms with Crippen LogP contribution in [0.1, 0.15) is 37.7 Å². The number of sulfonamides is 1. The van der Waals surface area contributed by atoms with E-state index in [2.05, 4.69) is 0 Å². The van der Waals surface area contributed by atoms with Gasteiger partial charge in [0.15, 0.2) is 5.54 Å². The molecule has 1 aromatic rings. The van der Waals surface area contributed by atoms with Gasteiger partial charge >= 0.3 is 12.4 Å². The van der Waals surface area contributed by atoms with Gasteiger partial charge in [-0.2, -0.15) is 26.3 Å². The predicted octanol–water partition coefficient (Wildman–Crippen LogP) is 3.47. The Hall–Kier alpha value is -2.77. The highest BCUT2D eigenvalue weighted by Gasteiger charge is 2.58. The van der Waals surface area contributed by atoms with Gasteiger partial charge in [-0.25, -0.2) is 13.1 Å². The van der Waals surface area contributed by atoms with Crippen LogP contribution in [-0.2, 0) is 25.2 Å². The second-order valence-corrected chi connectivity index (χ2v) is 9.43. The zero-order valence-electron chi connectivity index (χ0n) is 17.8. The van der Waals surface area contributed by atoms with Gasteiger partial charge < -0.3 is 10.1 Å². The number of unbranched alkanes of at least 4 members (excludes halogenated alkanes) is 2. The number of alkyl halides is 6. The highest BCUT2D eigenvalue weighted by molar-refractivity contribution is 7.89. The molecule has 1 aliphatic heterocycles. The summed E-state index contributed by atoms with van der Waals surface area (Å²) >= 11 is 0. The predicted molar refractivity (Wildman–Crippen MR) is 108 cm³/mol. The smallest absolute Gasteiger partial charge is 0.416 e. The highest BCUT2D eigenvalue weighted by Crippen LogP contribution is 2.44. The number of carbonyl (C=O) groups is 2. The Bertz CT molecular complexity index is 1040. The number of carbonyl (C=O) groups excluding carboxylic acids is 2. The molecule has 1 aliphatic rings. The molecule has 0 saturated heterocycles. The van der Waals surface area contributed by atoms with Crippen LogP contribution in [0.3, 0.4) is 0 Å². The first-order chi connectivity index (χ1) is 15.5. The van der Waals surface area contributed by atoms with Gasteiger partial charge in [0.25, 0.3) is 11.8 Å². The summed E-state index contributed by atoms with van der Waals surface area (Å²) in [7, 11) is -4.04. The summed E-state index contributed by atoms with van der Waals surface area (Å²) in [5.74, 6) is -2.57. The van der Waals surface area contributed by atoms with Crippen molar-refractivity contribution in [1.82, 2.24) is 10.0 Å². The minimum Gasteiger partial charge on any atom is -0.494 e. The van der Waals surface area contributed by atoms with E-state index in [0.29, 0.717) is 12.7 Å². The van der Waals surface area contributed by atoms with Gasteiger partial charge in [0, 0.05) is 12.8 Å². The second-order valence-electron chi connectivity index (χ2n) is 7.68. The van der Waals surface area contributed by atoms with Crippen LogP contribution < -0.4 is 14.8 Å². The molecule has 2 rings (SSSR count). The van der Waals surface area contributed by atoms with Crippen molar-refractivity contribution in [2.45, 2.75) is 50.0 Å². The van der Waals surface area contributed by atoms with E-state index in [1.54, 1.807) is 5.32 Å². The molecule has 0 aromatic heterocycles. The van der Waals surface area contributed by atoms with Crippen LogP contribution in [0.2, 0.25) is 0 Å². The van der Waals surface area contributed by atoms with Gasteiger partial charge in [-0.3, -0.25) is 9.59 Å². The molecule has 2 amide bonds. The third-order valence-corrected chi connectivity index (χ3v) is 5.47. The van der Waals surface area contributed by atoms with Crippen LogP contribution in [0.15, 0.2) is 35.9 Å². The lowest BCUT2D eigenvalue weighted by molar-refractivity contribution is -0.202. The van der Waals surface area contributed by atoms with Crippen molar-refractivity contribution >= 4 is 21.8 Å². The van der Waals surface area contributed by atoms with Gasteiger partial charge in [0.1, 0.15) is 11.3 Å². The molecular formula is C20H22F6N2O5S. The van der Waals surface area contributed by atoms with Crippen molar-refractivity contribution in [3.8, 4) is 5.75 Å². The van der Waals surface area contributed by atoms with E-state index in [9.17, 15) is 44.3 Å². The summed E-state index contributed by atoms with van der Waals surface area (Å²) in [6, 6.07) is 4.59. The van der Waals surface area contributed by atoms with E-state index >= 15 is 0 Å². The molecule has 1 atom stereocenters. The summed E-state index contributed by atoms with van der Waals surface area (Å²) in [4.78, 5) is 24.2. The molecule has 190 valence electrons. The molecule has 0 spiro atoms. The lowest BCUT2D eigenvalue weighted by atomic mass is 9.82. The Morgan fingerprint density at radius 3 is 2.21 bits per heavy atom. The standard InChI is InChI=1S/C20H22F6N2O5S/c1-34(31,32)28-17(30)15-9-11-18(20(24,25)26,27-16(15)29)13-5-7-14(8-6-13)33-12-4-2-3-10-19(21,22)23/h5-9H,2-4,10-12H2,1H3,(H,27,29)(H,28,30). The normalized spacial score (nSPS) is 19.3. The third-order valence-electron chi connectivity index (χ3n) is 4.91. The lowest BCUT2D eigenvalue weighted by Crippen LogP contribution is -2.59. The Kier molecular flexibility index (Phi) is 8.27. The summed E-state index contributed by atoms with van der Waals surface area (Å²) in [6.45, 7) is 0.0693. The number of hydrogen-bond acceptors (Lipinski definition) is 5. The van der Waals surface area contributed by atoms with Crippen LogP contribution in [0, 0.1) is 0 Å². The molecule has 0 radical (unpaired) electrons. The molecule has 1 aromatic carbocycles. The van der Waals surface area contributed by atoms with Gasteiger partial charge in [0.2, 0.25) is 10.0 Å². The highest BCUT2D eigenvalue weighted by atomic mass is 32.2. The number of ether oxygens (including phenoxy) is 1. The molecule has 0 saturated carbocycles. The monoisotopic (exact) mass is 516 g/mol. The zero-order valence-corrected chi connectivity index (χ0v) is 18.7. The van der Waals surface area contributed by atoms with Crippen molar-refractivity contribution in [2.75, 3.05) is 12.9 Å². The van der Waals surface area contributed by atoms with Gasteiger partial charge in [0.05, 0.1) is 12.9 Å². The molecule has 1 unspecified atom stereocenters. The molecule has 0 fully saturated rings. The minimum atomic E-state index is -4.97. The molecule has 0 aliphatic carbocycles. The fraction of sp³-hybridized carbons (Fsp3) is 0.500. The molecule has 0 bridgehead atoms. The zero-order chi connectivity index (χ0) is 25.8. The number of benzene rings is 1. The Morgan fingerprint density at radius 1 is 1.09 bits per heavy atom. The van der Waals surface area contributed by atoms with Crippen molar-refractivity contribution in [3.63, 3.8) is 0 Å². The number of nitrogens with one attached hydrogen (secondary N) is 2. The first kappa shape index (κ1) is 27.5. The number of halogens is 6. The number of hydrogen-bond donors (Lipinski definition) is 2. The fourth-order valence-corrected chi connectivity index (χ4v) is 3.70. The summed E-state index contributed by atoms with van der Waals surface area (Å²) in [6.07, 6.45) is -9.07. The topological polar surface area (TPSA) is 102 Å². The Balaban J connectivity index is 2.10. The van der Waals surface area contributed by atoms with Crippen molar-refractivity contribution in [2.24, 2.45) is 0 Å². The average Bonchev–Trinajstić information content (AvgIpc) is 2.67. The quantitative estimate of drug-likeness (QED) is 0.298. The molecule has 7 nitrogen and oxygen atoms in total. The van der Waals surface area contributed by atoms with E-state index in [0.717, 1.165) is 18.2 Å². The molecule has 34 heavy (non-hydrogen) atoms. The van der Waals surface area contributed by atoms with E-state index in [4.69, 9.17) is 4.74 Å². The van der Waals surface area contributed by atoms with Crippen LogP contribution in [0.4, 0.5) is 26.3 Å². The summed E-state index contributed by atoms with van der Waals surface area (Å²) in [5, 5.41) is 1.78. The van der Waals surface area contributed by atoms with E-state index < -0.39 is 58.1 Å². The first-order valence-corrected chi connectivity index (χ1v) is 11.8. The first-order valence-electron chi connectivity index (χ1n) is 9.96. The fourth-order valence-electron chi connectivity index (χ4n) is 3.25. The van der Waals surface area contributed by atoms with E-state index in [1.807, 2.05) is 0 Å². The van der Waals surface area contributed by atoms with E-state index in [-0.39, 0.29) is 30.8 Å². The Morgan fingerprint density at radius 2 is 1.71 bits per heavy atom. The molecule has 14 heteroatoms. The van der Waals surface area contributed by atoms with Crippen LogP contribution in [0.25, 0.3) is 0 Å². The van der Waals surface area contributed by atoms with E-state index in [1.165, 1.54) is 16.9 Å². The van der Waals surface area contributed by atoms with Crippen molar-refractivity contribution in [3.05, 3.63) is 41.5 Å². The van der Waals surface area contributed by atoms with Crippen LogP contribution in [0.5, 0.6) is 5.75 Å². The molecular weight excluding hydrogens is 494 g/mol. The minimum absolute atomic E-state index is 0.0582. The maximum atomic E-state index is 14.0. The Labute approximate surface area is 191 Å². The van der Waals surface area contributed by atoms with Crippen molar-refractivity contribution < 1.29 is 49.1 Å². The van der Waals surface area contributed by atoms with Gasteiger partial charge in [-0.1, -0.05) is 18.2 Å². The molecule has 1 heterocycles. The van der Waals surface area contributed by atoms with Gasteiger partial charge in [-0.05, 0) is 37.0 Å². The number of amides is 2. The summed E-state index contributed by atoms with van der Waals surface area (Å²) in [5.41, 5.74) is -3.99. The van der Waals surface area contributed by atoms with Crippen LogP contribution >= 0.6 is 0 Å². The van der Waals surface area contributed by atoms with Crippen LogP contribution in [-0.4, -0.2) is 45.4 Å². The summed E-state index contributed by atoms with van der Waals surface area (Å²) < 4.78 is 108. The number of rotatable bonds is 9.